The van der Waals surface area contributed by atoms with Gasteiger partial charge in [0.05, 0.1) is 10.0 Å². The molecule has 1 N–H and O–H groups in total. The molecule has 0 saturated heterocycles. The Kier molecular flexibility index (Phi) is 6.41. The van der Waals surface area contributed by atoms with Gasteiger partial charge in [-0.1, -0.05) is 73.4 Å². The van der Waals surface area contributed by atoms with E-state index in [2.05, 4.69) is 37.4 Å². The maximum atomic E-state index is 12.5. The largest absolute Gasteiger partial charge is 0.349 e. The topological polar surface area (TPSA) is 29.1 Å². The second-order valence-corrected chi connectivity index (χ2v) is 7.99. The van der Waals surface area contributed by atoms with Gasteiger partial charge in [0.1, 0.15) is 0 Å². The van der Waals surface area contributed by atoms with Gasteiger partial charge in [0, 0.05) is 11.6 Å². The Morgan fingerprint density at radius 2 is 1.59 bits per heavy atom. The summed E-state index contributed by atoms with van der Waals surface area (Å²) in [7, 11) is 0. The van der Waals surface area contributed by atoms with Crippen LogP contribution in [0.5, 0.6) is 0 Å². The molecule has 2 nitrogen and oxygen atoms in total. The molecule has 27 heavy (non-hydrogen) atoms. The summed E-state index contributed by atoms with van der Waals surface area (Å²) in [5.74, 6) is 0.334. The molecule has 0 aromatic heterocycles. The molecule has 1 amide bonds. The van der Waals surface area contributed by atoms with Crippen molar-refractivity contribution in [1.29, 1.82) is 0 Å². The summed E-state index contributed by atoms with van der Waals surface area (Å²) in [5, 5.41) is 6.47. The third kappa shape index (κ3) is 5.03. The Hall–Kier alpha value is -2.03. The molecule has 4 heteroatoms. The zero-order chi connectivity index (χ0) is 19.4. The second kappa shape index (κ2) is 8.77. The number of aryl methyl sites for hydroxylation is 1. The van der Waals surface area contributed by atoms with Gasteiger partial charge in [-0.15, -0.1) is 0 Å². The minimum Gasteiger partial charge on any atom is -0.349 e. The summed E-state index contributed by atoms with van der Waals surface area (Å²) in [6, 6.07) is 19.6. The van der Waals surface area contributed by atoms with Gasteiger partial charge in [0.2, 0.25) is 0 Å². The standard InChI is InChI=1S/C23H23Cl2NO/c1-15(2)22(26-23(27)17-6-4-3-5-7-17)11-9-16-8-10-18-13-20(24)21(25)14-19(18)12-16/h3-8,10,12-15,22H,9,11H2,1-2H3,(H,26,27). The van der Waals surface area contributed by atoms with E-state index in [1.54, 1.807) is 0 Å². The van der Waals surface area contributed by atoms with E-state index < -0.39 is 0 Å². The molecule has 3 aromatic carbocycles. The van der Waals surface area contributed by atoms with Crippen LogP contribution in [0.15, 0.2) is 60.7 Å². The van der Waals surface area contributed by atoms with E-state index >= 15 is 0 Å². The molecule has 0 fully saturated rings. The molecule has 0 saturated carbocycles. The third-order valence-electron chi connectivity index (χ3n) is 4.85. The van der Waals surface area contributed by atoms with Gasteiger partial charge in [0.25, 0.3) is 5.91 Å². The molecular weight excluding hydrogens is 377 g/mol. The first-order valence-electron chi connectivity index (χ1n) is 9.17. The van der Waals surface area contributed by atoms with E-state index in [-0.39, 0.29) is 11.9 Å². The maximum absolute atomic E-state index is 12.5. The lowest BCUT2D eigenvalue weighted by molar-refractivity contribution is 0.0923. The Balaban J connectivity index is 1.69. The van der Waals surface area contributed by atoms with E-state index in [1.165, 1.54) is 5.56 Å². The summed E-state index contributed by atoms with van der Waals surface area (Å²) >= 11 is 12.2. The first kappa shape index (κ1) is 19.7. The molecule has 0 aliphatic heterocycles. The monoisotopic (exact) mass is 399 g/mol. The quantitative estimate of drug-likeness (QED) is 0.501. The van der Waals surface area contributed by atoms with Crippen molar-refractivity contribution in [2.75, 3.05) is 0 Å². The number of carbonyl (C=O) groups excluding carboxylic acids is 1. The first-order chi connectivity index (χ1) is 12.9. The van der Waals surface area contributed by atoms with Gasteiger partial charge >= 0.3 is 0 Å². The number of hydrogen-bond acceptors (Lipinski definition) is 1. The average molecular weight is 400 g/mol. The van der Waals surface area contributed by atoms with Crippen molar-refractivity contribution >= 4 is 39.9 Å². The van der Waals surface area contributed by atoms with Crippen LogP contribution in [-0.2, 0) is 6.42 Å². The summed E-state index contributed by atoms with van der Waals surface area (Å²) in [5.41, 5.74) is 1.92. The molecule has 3 aromatic rings. The van der Waals surface area contributed by atoms with Crippen molar-refractivity contribution in [2.24, 2.45) is 5.92 Å². The summed E-state index contributed by atoms with van der Waals surface area (Å²) < 4.78 is 0. The fourth-order valence-corrected chi connectivity index (χ4v) is 3.53. The number of nitrogens with one attached hydrogen (secondary N) is 1. The number of fused-ring (bicyclic) bond motifs is 1. The number of halogens is 2. The predicted molar refractivity (Wildman–Crippen MR) is 115 cm³/mol. The molecule has 0 aliphatic carbocycles. The zero-order valence-electron chi connectivity index (χ0n) is 15.5. The van der Waals surface area contributed by atoms with Crippen molar-refractivity contribution in [3.8, 4) is 0 Å². The smallest absolute Gasteiger partial charge is 0.251 e. The van der Waals surface area contributed by atoms with Gasteiger partial charge in [-0.3, -0.25) is 4.79 Å². The minimum atomic E-state index is -0.0192. The lowest BCUT2D eigenvalue weighted by Gasteiger charge is -2.22. The van der Waals surface area contributed by atoms with Gasteiger partial charge in [-0.25, -0.2) is 0 Å². The fourth-order valence-electron chi connectivity index (χ4n) is 3.18. The molecule has 0 heterocycles. The summed E-state index contributed by atoms with van der Waals surface area (Å²) in [6.07, 6.45) is 1.76. The highest BCUT2D eigenvalue weighted by Gasteiger charge is 2.17. The second-order valence-electron chi connectivity index (χ2n) is 7.18. The van der Waals surface area contributed by atoms with Crippen LogP contribution in [0.3, 0.4) is 0 Å². The van der Waals surface area contributed by atoms with Crippen LogP contribution in [-0.4, -0.2) is 11.9 Å². The van der Waals surface area contributed by atoms with E-state index in [1.807, 2.05) is 42.5 Å². The number of benzene rings is 3. The van der Waals surface area contributed by atoms with Crippen molar-refractivity contribution in [3.63, 3.8) is 0 Å². The van der Waals surface area contributed by atoms with Crippen LogP contribution < -0.4 is 5.32 Å². The molecule has 1 unspecified atom stereocenters. The van der Waals surface area contributed by atoms with Crippen LogP contribution in [0.1, 0.15) is 36.2 Å². The molecule has 0 spiro atoms. The summed E-state index contributed by atoms with van der Waals surface area (Å²) in [4.78, 5) is 12.5. The predicted octanol–water partition coefficient (Wildman–Crippen LogP) is 6.53. The number of rotatable bonds is 6. The van der Waals surface area contributed by atoms with Crippen LogP contribution in [0.2, 0.25) is 10.0 Å². The minimum absolute atomic E-state index is 0.0192. The first-order valence-corrected chi connectivity index (χ1v) is 9.93. The SMILES string of the molecule is CC(C)C(CCc1ccc2cc(Cl)c(Cl)cc2c1)NC(=O)c1ccccc1. The van der Waals surface area contributed by atoms with E-state index in [0.29, 0.717) is 21.5 Å². The fraction of sp³-hybridized carbons (Fsp3) is 0.261. The highest BCUT2D eigenvalue weighted by atomic mass is 35.5. The van der Waals surface area contributed by atoms with E-state index in [9.17, 15) is 4.79 Å². The normalized spacial score (nSPS) is 12.3. The van der Waals surface area contributed by atoms with Gasteiger partial charge in [-0.2, -0.15) is 0 Å². The lowest BCUT2D eigenvalue weighted by atomic mass is 9.95. The van der Waals surface area contributed by atoms with Gasteiger partial charge in [-0.05, 0) is 59.4 Å². The molecule has 0 aliphatic rings. The highest BCUT2D eigenvalue weighted by Crippen LogP contribution is 2.28. The molecule has 0 bridgehead atoms. The summed E-state index contributed by atoms with van der Waals surface area (Å²) in [6.45, 7) is 4.27. The van der Waals surface area contributed by atoms with E-state index in [4.69, 9.17) is 23.2 Å². The van der Waals surface area contributed by atoms with Crippen LogP contribution >= 0.6 is 23.2 Å². The third-order valence-corrected chi connectivity index (χ3v) is 5.57. The van der Waals surface area contributed by atoms with E-state index in [0.717, 1.165) is 23.6 Å². The van der Waals surface area contributed by atoms with Gasteiger partial charge < -0.3 is 5.32 Å². The Labute approximate surface area is 170 Å². The molecule has 140 valence electrons. The van der Waals surface area contributed by atoms with Crippen molar-refractivity contribution in [1.82, 2.24) is 5.32 Å². The van der Waals surface area contributed by atoms with Crippen molar-refractivity contribution in [3.05, 3.63) is 81.8 Å². The number of carbonyl (C=O) groups is 1. The van der Waals surface area contributed by atoms with Crippen molar-refractivity contribution in [2.45, 2.75) is 32.7 Å². The zero-order valence-corrected chi connectivity index (χ0v) is 17.0. The highest BCUT2D eigenvalue weighted by molar-refractivity contribution is 6.42. The van der Waals surface area contributed by atoms with Crippen LogP contribution in [0, 0.1) is 5.92 Å². The molecule has 3 rings (SSSR count). The average Bonchev–Trinajstić information content (AvgIpc) is 2.66. The maximum Gasteiger partial charge on any atom is 0.251 e. The Morgan fingerprint density at radius 3 is 2.26 bits per heavy atom. The van der Waals surface area contributed by atoms with Crippen molar-refractivity contribution < 1.29 is 4.79 Å². The van der Waals surface area contributed by atoms with Crippen LogP contribution in [0.4, 0.5) is 0 Å². The Bertz CT molecular complexity index is 938. The number of hydrogen-bond donors (Lipinski definition) is 1. The number of amides is 1. The lowest BCUT2D eigenvalue weighted by Crippen LogP contribution is -2.38. The van der Waals surface area contributed by atoms with Gasteiger partial charge in [0.15, 0.2) is 0 Å². The molecule has 1 atom stereocenters. The van der Waals surface area contributed by atoms with Crippen LogP contribution in [0.25, 0.3) is 10.8 Å². The molecular formula is C23H23Cl2NO. The Morgan fingerprint density at radius 1 is 0.926 bits per heavy atom. The molecule has 0 radical (unpaired) electrons.